The number of rotatable bonds is 4. The fourth-order valence-corrected chi connectivity index (χ4v) is 2.40. The molecule has 2 atom stereocenters. The predicted molar refractivity (Wildman–Crippen MR) is 64.3 cm³/mol. The van der Waals surface area contributed by atoms with Crippen molar-refractivity contribution < 1.29 is 9.53 Å². The van der Waals surface area contributed by atoms with Crippen LogP contribution in [0, 0.1) is 5.92 Å². The molecule has 0 radical (unpaired) electrons. The highest BCUT2D eigenvalue weighted by molar-refractivity contribution is 6.33. The number of hydrogen-bond donors (Lipinski definition) is 1. The van der Waals surface area contributed by atoms with Crippen molar-refractivity contribution in [1.82, 2.24) is 15.1 Å². The van der Waals surface area contributed by atoms with Crippen LogP contribution in [0.2, 0.25) is 5.02 Å². The van der Waals surface area contributed by atoms with Crippen LogP contribution in [0.5, 0.6) is 0 Å². The molecular weight excluding hydrogens is 242 g/mol. The van der Waals surface area contributed by atoms with E-state index in [2.05, 4.69) is 10.4 Å². The smallest absolute Gasteiger partial charge is 0.189 e. The van der Waals surface area contributed by atoms with Crippen LogP contribution < -0.4 is 5.32 Å². The van der Waals surface area contributed by atoms with E-state index in [9.17, 15) is 4.79 Å². The molecule has 1 aromatic rings. The molecule has 0 bridgehead atoms. The molecule has 6 heteroatoms. The molecule has 0 aromatic carbocycles. The Morgan fingerprint density at radius 3 is 3.06 bits per heavy atom. The van der Waals surface area contributed by atoms with E-state index in [4.69, 9.17) is 16.3 Å². The van der Waals surface area contributed by atoms with Crippen molar-refractivity contribution in [1.29, 1.82) is 0 Å². The third-order valence-electron chi connectivity index (χ3n) is 3.01. The molecule has 1 aromatic heterocycles. The molecule has 1 saturated heterocycles. The number of carbonyl (C=O) groups is 1. The van der Waals surface area contributed by atoms with Crippen molar-refractivity contribution in [3.63, 3.8) is 0 Å². The van der Waals surface area contributed by atoms with Gasteiger partial charge < -0.3 is 10.1 Å². The van der Waals surface area contributed by atoms with Crippen LogP contribution in [0.25, 0.3) is 0 Å². The second kappa shape index (κ2) is 5.16. The van der Waals surface area contributed by atoms with Crippen LogP contribution >= 0.6 is 11.6 Å². The van der Waals surface area contributed by atoms with Gasteiger partial charge in [0.2, 0.25) is 0 Å². The van der Waals surface area contributed by atoms with Crippen molar-refractivity contribution >= 4 is 17.4 Å². The second-order valence-corrected chi connectivity index (χ2v) is 4.54. The molecule has 5 nitrogen and oxygen atoms in total. The first-order valence-corrected chi connectivity index (χ1v) is 6.05. The summed E-state index contributed by atoms with van der Waals surface area (Å²) in [7, 11) is 1.72. The first kappa shape index (κ1) is 12.5. The highest BCUT2D eigenvalue weighted by atomic mass is 35.5. The first-order chi connectivity index (χ1) is 8.15. The number of hydrogen-bond acceptors (Lipinski definition) is 4. The van der Waals surface area contributed by atoms with Crippen molar-refractivity contribution in [3.8, 4) is 0 Å². The quantitative estimate of drug-likeness (QED) is 0.814. The van der Waals surface area contributed by atoms with E-state index in [0.29, 0.717) is 23.9 Å². The standard InChI is InChI=1S/C11H16ClN3O2/c1-3-13-9-6-17-5-7(9)11(16)10-8(12)4-14-15(10)2/h4,7,9,13H,3,5-6H2,1-2H3. The van der Waals surface area contributed by atoms with Gasteiger partial charge >= 0.3 is 0 Å². The van der Waals surface area contributed by atoms with Gasteiger partial charge in [-0.05, 0) is 6.54 Å². The van der Waals surface area contributed by atoms with E-state index in [1.165, 1.54) is 10.9 Å². The van der Waals surface area contributed by atoms with Crippen molar-refractivity contribution in [2.75, 3.05) is 19.8 Å². The number of Topliss-reactive ketones (excluding diaryl/α,β-unsaturated/α-hetero) is 1. The van der Waals surface area contributed by atoms with Gasteiger partial charge in [0, 0.05) is 13.1 Å². The van der Waals surface area contributed by atoms with E-state index in [-0.39, 0.29) is 17.7 Å². The number of aryl methyl sites for hydroxylation is 1. The van der Waals surface area contributed by atoms with Gasteiger partial charge in [0.1, 0.15) is 5.69 Å². The van der Waals surface area contributed by atoms with Crippen LogP contribution in [0.3, 0.4) is 0 Å². The Kier molecular flexibility index (Phi) is 3.81. The molecule has 0 spiro atoms. The lowest BCUT2D eigenvalue weighted by molar-refractivity contribution is 0.0882. The molecule has 0 amide bonds. The van der Waals surface area contributed by atoms with Crippen LogP contribution in [-0.2, 0) is 11.8 Å². The van der Waals surface area contributed by atoms with Gasteiger partial charge in [-0.1, -0.05) is 18.5 Å². The zero-order chi connectivity index (χ0) is 12.4. The monoisotopic (exact) mass is 257 g/mol. The van der Waals surface area contributed by atoms with Gasteiger partial charge in [0.25, 0.3) is 0 Å². The molecule has 2 rings (SSSR count). The van der Waals surface area contributed by atoms with Crippen LogP contribution in [0.1, 0.15) is 17.4 Å². The van der Waals surface area contributed by atoms with Crippen LogP contribution in [0.4, 0.5) is 0 Å². The Labute approximate surface area is 105 Å². The minimum atomic E-state index is -0.178. The van der Waals surface area contributed by atoms with Crippen LogP contribution in [-0.4, -0.2) is 41.4 Å². The number of nitrogens with zero attached hydrogens (tertiary/aromatic N) is 2. The molecule has 0 saturated carbocycles. The van der Waals surface area contributed by atoms with E-state index in [1.54, 1.807) is 7.05 Å². The minimum Gasteiger partial charge on any atom is -0.379 e. The Morgan fingerprint density at radius 2 is 2.47 bits per heavy atom. The third kappa shape index (κ3) is 2.36. The topological polar surface area (TPSA) is 56.1 Å². The SMILES string of the molecule is CCNC1COCC1C(=O)c1c(Cl)cnn1C. The van der Waals surface area contributed by atoms with Crippen LogP contribution in [0.15, 0.2) is 6.20 Å². The third-order valence-corrected chi connectivity index (χ3v) is 3.29. The average Bonchev–Trinajstić information content (AvgIpc) is 2.86. The van der Waals surface area contributed by atoms with E-state index < -0.39 is 0 Å². The van der Waals surface area contributed by atoms with Gasteiger partial charge in [0.05, 0.1) is 30.4 Å². The minimum absolute atomic E-state index is 0.00144. The summed E-state index contributed by atoms with van der Waals surface area (Å²) < 4.78 is 6.88. The average molecular weight is 258 g/mol. The molecule has 0 aliphatic carbocycles. The number of halogens is 1. The summed E-state index contributed by atoms with van der Waals surface area (Å²) in [5.74, 6) is -0.179. The largest absolute Gasteiger partial charge is 0.379 e. The van der Waals surface area contributed by atoms with E-state index >= 15 is 0 Å². The highest BCUT2D eigenvalue weighted by Gasteiger charge is 2.36. The Bertz CT molecular complexity index is 399. The maximum atomic E-state index is 12.4. The lowest BCUT2D eigenvalue weighted by Gasteiger charge is -2.17. The highest BCUT2D eigenvalue weighted by Crippen LogP contribution is 2.23. The van der Waals surface area contributed by atoms with Gasteiger partial charge in [0.15, 0.2) is 5.78 Å². The summed E-state index contributed by atoms with van der Waals surface area (Å²) in [4.78, 5) is 12.4. The van der Waals surface area contributed by atoms with Gasteiger partial charge in [-0.3, -0.25) is 9.48 Å². The van der Waals surface area contributed by atoms with Crippen molar-refractivity contribution in [2.24, 2.45) is 13.0 Å². The lowest BCUT2D eigenvalue weighted by Crippen LogP contribution is -2.39. The van der Waals surface area contributed by atoms with E-state index in [0.717, 1.165) is 6.54 Å². The molecule has 2 heterocycles. The Morgan fingerprint density at radius 1 is 1.71 bits per heavy atom. The molecule has 2 unspecified atom stereocenters. The summed E-state index contributed by atoms with van der Waals surface area (Å²) in [6.07, 6.45) is 1.49. The number of nitrogens with one attached hydrogen (secondary N) is 1. The zero-order valence-electron chi connectivity index (χ0n) is 9.94. The van der Waals surface area contributed by atoms with Gasteiger partial charge in [-0.2, -0.15) is 5.10 Å². The Balaban J connectivity index is 2.20. The molecule has 1 fully saturated rings. The number of ether oxygens (including phenoxy) is 1. The lowest BCUT2D eigenvalue weighted by atomic mass is 9.96. The zero-order valence-corrected chi connectivity index (χ0v) is 10.7. The normalized spacial score (nSPS) is 24.2. The molecular formula is C11H16ClN3O2. The van der Waals surface area contributed by atoms with Gasteiger partial charge in [-0.15, -0.1) is 0 Å². The molecule has 17 heavy (non-hydrogen) atoms. The number of ketones is 1. The summed E-state index contributed by atoms with van der Waals surface area (Å²) in [6.45, 7) is 3.84. The summed E-state index contributed by atoms with van der Waals surface area (Å²) in [5.41, 5.74) is 0.463. The second-order valence-electron chi connectivity index (χ2n) is 4.14. The predicted octanol–water partition coefficient (Wildman–Crippen LogP) is 0.881. The fourth-order valence-electron chi connectivity index (χ4n) is 2.14. The first-order valence-electron chi connectivity index (χ1n) is 5.68. The van der Waals surface area contributed by atoms with Gasteiger partial charge in [-0.25, -0.2) is 0 Å². The maximum absolute atomic E-state index is 12.4. The number of carbonyl (C=O) groups excluding carboxylic acids is 1. The van der Waals surface area contributed by atoms with Crippen molar-refractivity contribution in [2.45, 2.75) is 13.0 Å². The number of likely N-dealkylation sites (N-methyl/N-ethyl adjacent to an activating group) is 1. The Hall–Kier alpha value is -0.910. The number of aromatic nitrogens is 2. The molecule has 1 N–H and O–H groups in total. The summed E-state index contributed by atoms with van der Waals surface area (Å²) in [5, 5.41) is 7.64. The summed E-state index contributed by atoms with van der Waals surface area (Å²) in [6, 6.07) is 0.0680. The molecule has 1 aliphatic rings. The van der Waals surface area contributed by atoms with E-state index in [1.807, 2.05) is 6.92 Å². The fraction of sp³-hybridized carbons (Fsp3) is 0.636. The maximum Gasteiger partial charge on any atom is 0.189 e. The van der Waals surface area contributed by atoms with Crippen molar-refractivity contribution in [3.05, 3.63) is 16.9 Å². The summed E-state index contributed by atoms with van der Waals surface area (Å²) >= 11 is 5.98. The molecule has 1 aliphatic heterocycles. The molecule has 94 valence electrons.